The maximum atomic E-state index is 6.23. The number of anilines is 1. The number of benzene rings is 5. The highest BCUT2D eigenvalue weighted by molar-refractivity contribution is 5.73. The van der Waals surface area contributed by atoms with Gasteiger partial charge in [-0.25, -0.2) is 4.98 Å². The number of aromatic nitrogens is 1. The zero-order chi connectivity index (χ0) is 58.1. The van der Waals surface area contributed by atoms with E-state index >= 15 is 0 Å². The van der Waals surface area contributed by atoms with Gasteiger partial charge in [0, 0.05) is 100 Å². The summed E-state index contributed by atoms with van der Waals surface area (Å²) in [4.78, 5) is 7.05. The summed E-state index contributed by atoms with van der Waals surface area (Å²) in [6.07, 6.45) is 18.3. The van der Waals surface area contributed by atoms with E-state index in [0.717, 1.165) is 133 Å². The van der Waals surface area contributed by atoms with E-state index in [1.54, 1.807) is 0 Å². The number of unbranched alkanes of at least 4 members (excludes halogenated alkanes) is 12. The summed E-state index contributed by atoms with van der Waals surface area (Å²) >= 11 is 0. The van der Waals surface area contributed by atoms with Gasteiger partial charge in [0.2, 0.25) is 0 Å². The second-order valence-electron chi connectivity index (χ2n) is 21.7. The largest absolute Gasteiger partial charge is 0.377 e. The highest BCUT2D eigenvalue weighted by Crippen LogP contribution is 2.19. The Kier molecular flexibility index (Phi) is 27.2. The van der Waals surface area contributed by atoms with E-state index in [4.69, 9.17) is 23.9 Å². The fraction of sp³-hybridized carbons (Fsp3) is 0.390. The van der Waals surface area contributed by atoms with Crippen LogP contribution in [0.15, 0.2) is 109 Å². The minimum Gasteiger partial charge on any atom is -0.377 e. The topological polar surface area (TPSA) is 53.0 Å². The number of ether oxygens (including phenoxy) is 4. The van der Waals surface area contributed by atoms with Gasteiger partial charge in [0.25, 0.3) is 0 Å². The third kappa shape index (κ3) is 23.6. The fourth-order valence-electron chi connectivity index (χ4n) is 9.39. The summed E-state index contributed by atoms with van der Waals surface area (Å²) in [6, 6.07) is 78.7. The predicted molar refractivity (Wildman–Crippen MR) is 344 cm³/mol. The van der Waals surface area contributed by atoms with Crippen molar-refractivity contribution in [1.29, 1.82) is 0 Å². The Morgan fingerprint density at radius 1 is 0.301 bits per heavy atom. The molecule has 2 aromatic heterocycles. The Morgan fingerprint density at radius 3 is 0.819 bits per heavy atom. The smallest absolute Gasteiger partial charge is 0.117 e. The molecule has 2 heterocycles. The lowest BCUT2D eigenvalue weighted by Gasteiger charge is -2.11. The summed E-state index contributed by atoms with van der Waals surface area (Å²) < 4.78 is 24.9. The van der Waals surface area contributed by atoms with Gasteiger partial charge in [-0.15, -0.1) is 0 Å². The second-order valence-corrected chi connectivity index (χ2v) is 21.7. The van der Waals surface area contributed by atoms with Crippen molar-refractivity contribution in [1.82, 2.24) is 4.98 Å². The average Bonchev–Trinajstić information content (AvgIpc) is 3.65. The molecule has 0 atom stereocenters. The minimum absolute atomic E-state index is 0.462. The summed E-state index contributed by atoms with van der Waals surface area (Å²) in [6.45, 7) is 13.6. The average molecular weight is 1100 g/mol. The number of pyridine rings is 1. The van der Waals surface area contributed by atoms with Crippen LogP contribution < -0.4 is 4.90 Å². The molecule has 426 valence electrons. The number of hydrogen-bond donors (Lipinski definition) is 0. The molecule has 0 saturated heterocycles. The third-order valence-electron chi connectivity index (χ3n) is 13.9. The van der Waals surface area contributed by atoms with Crippen LogP contribution in [-0.2, 0) is 45.4 Å². The van der Waals surface area contributed by atoms with Gasteiger partial charge in [0.1, 0.15) is 11.0 Å². The van der Waals surface area contributed by atoms with Gasteiger partial charge in [0.15, 0.2) is 0 Å². The predicted octanol–water partition coefficient (Wildman–Crippen LogP) is 19.1. The summed E-state index contributed by atoms with van der Waals surface area (Å²) in [5.74, 6) is 0. The normalized spacial score (nSPS) is 10.6. The first-order valence-electron chi connectivity index (χ1n) is 30.5. The van der Waals surface area contributed by atoms with Crippen LogP contribution in [-0.4, -0.2) is 45.5 Å². The molecule has 0 spiro atoms. The Labute approximate surface area is 498 Å². The van der Waals surface area contributed by atoms with Crippen molar-refractivity contribution in [3.05, 3.63) is 204 Å². The highest BCUT2D eigenvalue weighted by Gasteiger charge is 2.03. The lowest BCUT2D eigenvalue weighted by Crippen LogP contribution is -2.08. The lowest BCUT2D eigenvalue weighted by molar-refractivity contribution is 0.117. The van der Waals surface area contributed by atoms with E-state index in [-0.39, 0.29) is 0 Å². The van der Waals surface area contributed by atoms with Crippen molar-refractivity contribution < 1.29 is 18.9 Å². The van der Waals surface area contributed by atoms with E-state index in [9.17, 15) is 0 Å². The zero-order valence-electron chi connectivity index (χ0n) is 50.4. The Balaban J connectivity index is 1.42. The Morgan fingerprint density at radius 2 is 0.554 bits per heavy atom. The molecule has 0 unspecified atom stereocenters. The van der Waals surface area contributed by atoms with E-state index in [1.807, 2.05) is 62.6 Å². The molecule has 7 aromatic rings. The molecule has 12 bridgehead atoms. The van der Waals surface area contributed by atoms with Crippen LogP contribution in [0.3, 0.4) is 0 Å². The van der Waals surface area contributed by atoms with Gasteiger partial charge in [-0.05, 0) is 163 Å². The van der Waals surface area contributed by atoms with Gasteiger partial charge >= 0.3 is 0 Å². The molecular weight excluding hydrogens is 1020 g/mol. The quantitative estimate of drug-likeness (QED) is 0.0436. The van der Waals surface area contributed by atoms with Gasteiger partial charge in [0.05, 0.1) is 26.4 Å². The third-order valence-corrected chi connectivity index (χ3v) is 13.9. The molecule has 0 N–H and O–H groups in total. The fourth-order valence-corrected chi connectivity index (χ4v) is 9.39. The molecule has 0 aliphatic carbocycles. The maximum Gasteiger partial charge on any atom is 0.117 e. The number of rotatable bonds is 29. The Bertz CT molecular complexity index is 3230. The number of fused-ring (bicyclic) bond motifs is 12. The first kappa shape index (κ1) is 62.8. The molecule has 0 amide bonds. The first-order valence-corrected chi connectivity index (χ1v) is 30.5. The van der Waals surface area contributed by atoms with Crippen LogP contribution in [0, 0.1) is 72.8 Å². The van der Waals surface area contributed by atoms with Gasteiger partial charge in [-0.3, -0.25) is 0 Å². The summed E-state index contributed by atoms with van der Waals surface area (Å²) in [5.41, 5.74) is 6.25. The maximum absolute atomic E-state index is 6.23. The molecule has 83 heavy (non-hydrogen) atoms. The zero-order valence-corrected chi connectivity index (χ0v) is 50.4. The van der Waals surface area contributed by atoms with E-state index in [1.165, 1.54) is 51.4 Å². The molecule has 6 nitrogen and oxygen atoms in total. The van der Waals surface area contributed by atoms with Crippen LogP contribution in [0.25, 0.3) is 64.9 Å². The van der Waals surface area contributed by atoms with Gasteiger partial charge in [-0.2, -0.15) is 0 Å². The van der Waals surface area contributed by atoms with Crippen LogP contribution in [0.2, 0.25) is 0 Å². The first-order chi connectivity index (χ1) is 40.7. The van der Waals surface area contributed by atoms with E-state index in [0.29, 0.717) is 63.9 Å². The van der Waals surface area contributed by atoms with Gasteiger partial charge in [-0.1, -0.05) is 171 Å². The monoisotopic (exact) mass is 1100 g/mol. The SMILES string of the molecule is CCCCCCOCc1cc2c#cc3cccc(c#cc4cc(COCCCCCC)cc(c#cc5cc(COCCCCCC)cc(c#cc6cc(N(C)C)cc(c#cc7cc(COCCCCCC)cc(c#cc(c1)c2)c7)n6)c5)c4)c3. The highest BCUT2D eigenvalue weighted by atomic mass is 16.5. The molecule has 7 rings (SSSR count). The molecular formula is C77H84N2O4. The van der Waals surface area contributed by atoms with E-state index in [2.05, 4.69) is 166 Å². The van der Waals surface area contributed by atoms with E-state index < -0.39 is 0 Å². The molecule has 6 heteroatoms. The van der Waals surface area contributed by atoms with Gasteiger partial charge < -0.3 is 23.8 Å². The van der Waals surface area contributed by atoms with Crippen LogP contribution >= 0.6 is 0 Å². The molecule has 5 aromatic carbocycles. The standard InChI is InChI=1S/C77H84N2O4/c1-7-11-15-19-38-80-57-71-47-63-28-26-61-24-23-25-62(42-61)27-29-64-44-66(50-72(48-64)58-81-39-20-16-12-8-2)31-33-68-46-70(54-74(52-68)60-83-41-22-18-14-10-4)35-37-76-56-77(79(5)6)55-75(78-76)36-34-69-45-67(32-30-65(43-63)49-71)51-73(53-69)59-82-40-21-17-13-9-3/h23-25,42-56H,7-22,38-41,57-60H2,1-6H3. The van der Waals surface area contributed by atoms with Crippen molar-refractivity contribution in [3.63, 3.8) is 0 Å². The molecule has 0 radical (unpaired) electrons. The van der Waals surface area contributed by atoms with Crippen LogP contribution in [0.4, 0.5) is 5.69 Å². The molecule has 0 fully saturated rings. The van der Waals surface area contributed by atoms with Crippen LogP contribution in [0.5, 0.6) is 0 Å². The summed E-state index contributed by atoms with van der Waals surface area (Å²) in [7, 11) is 4.03. The molecule has 0 aliphatic rings. The summed E-state index contributed by atoms with van der Waals surface area (Å²) in [5, 5.41) is 8.48. The van der Waals surface area contributed by atoms with Crippen molar-refractivity contribution in [2.75, 3.05) is 45.4 Å². The van der Waals surface area contributed by atoms with Crippen molar-refractivity contribution in [2.24, 2.45) is 0 Å². The lowest BCUT2D eigenvalue weighted by atomic mass is 10.1. The molecule has 0 aliphatic heterocycles. The van der Waals surface area contributed by atoms with Crippen molar-refractivity contribution in [3.8, 4) is 0 Å². The van der Waals surface area contributed by atoms with Crippen molar-refractivity contribution in [2.45, 2.75) is 157 Å². The molecule has 0 saturated carbocycles. The number of hydrogen-bond acceptors (Lipinski definition) is 6. The Hall–Kier alpha value is -7.75. The van der Waals surface area contributed by atoms with Crippen LogP contribution in [0.1, 0.15) is 153 Å². The minimum atomic E-state index is 0.462. The second kappa shape index (κ2) is 36.0. The van der Waals surface area contributed by atoms with Crippen molar-refractivity contribution >= 4 is 70.6 Å². The number of nitrogens with zero attached hydrogens (tertiary/aromatic N) is 2.